The van der Waals surface area contributed by atoms with Crippen molar-refractivity contribution in [1.29, 1.82) is 0 Å². The molecule has 0 radical (unpaired) electrons. The van der Waals surface area contributed by atoms with E-state index in [2.05, 4.69) is 11.1 Å². The molecule has 3 rings (SSSR count). The van der Waals surface area contributed by atoms with E-state index in [1.54, 1.807) is 6.07 Å². The molecule has 0 aliphatic heterocycles. The fourth-order valence-electron chi connectivity index (χ4n) is 2.20. The highest BCUT2D eigenvalue weighted by molar-refractivity contribution is 5.81. The van der Waals surface area contributed by atoms with E-state index in [-0.39, 0.29) is 5.97 Å². The number of nitrogens with zero attached hydrogens (tertiary/aromatic N) is 1. The van der Waals surface area contributed by atoms with Crippen LogP contribution in [0.2, 0.25) is 0 Å². The lowest BCUT2D eigenvalue weighted by atomic mass is 10.1. The summed E-state index contributed by atoms with van der Waals surface area (Å²) >= 11 is 0. The molecule has 2 aromatic carbocycles. The van der Waals surface area contributed by atoms with Gasteiger partial charge in [-0.05, 0) is 35.9 Å². The first-order valence-electron chi connectivity index (χ1n) is 7.03. The minimum atomic E-state index is -0.322. The molecule has 3 heteroatoms. The third kappa shape index (κ3) is 3.38. The van der Waals surface area contributed by atoms with Gasteiger partial charge in [-0.2, -0.15) is 0 Å². The van der Waals surface area contributed by atoms with Crippen LogP contribution in [0.3, 0.4) is 0 Å². The zero-order valence-corrected chi connectivity index (χ0v) is 12.2. The van der Waals surface area contributed by atoms with Crippen LogP contribution in [-0.2, 0) is 4.79 Å². The van der Waals surface area contributed by atoms with Crippen LogP contribution in [0.25, 0.3) is 23.1 Å². The lowest BCUT2D eigenvalue weighted by Crippen LogP contribution is -2.00. The molecule has 108 valence electrons. The van der Waals surface area contributed by atoms with Gasteiger partial charge in [0.2, 0.25) is 0 Å². The number of para-hydroxylation sites is 1. The quantitative estimate of drug-likeness (QED) is 0.532. The minimum absolute atomic E-state index is 0.322. The topological polar surface area (TPSA) is 39.2 Å². The standard InChI is InChI=1S/C19H15NO2/c1-14(21)22-18-7-4-5-15(13-18)9-11-17-12-10-16-6-2-3-8-19(16)20-17/h2-13H,1H3/b11-9+. The minimum Gasteiger partial charge on any atom is -0.427 e. The number of esters is 1. The third-order valence-corrected chi connectivity index (χ3v) is 3.19. The van der Waals surface area contributed by atoms with Crippen LogP contribution in [0.15, 0.2) is 60.7 Å². The smallest absolute Gasteiger partial charge is 0.308 e. The Morgan fingerprint density at radius 2 is 1.86 bits per heavy atom. The van der Waals surface area contributed by atoms with Crippen LogP contribution in [0.1, 0.15) is 18.2 Å². The average Bonchev–Trinajstić information content (AvgIpc) is 2.52. The second-order valence-corrected chi connectivity index (χ2v) is 4.93. The number of aromatic nitrogens is 1. The van der Waals surface area contributed by atoms with E-state index in [0.29, 0.717) is 5.75 Å². The Kier molecular flexibility index (Phi) is 3.97. The zero-order valence-electron chi connectivity index (χ0n) is 12.2. The van der Waals surface area contributed by atoms with Gasteiger partial charge in [-0.3, -0.25) is 4.79 Å². The number of ether oxygens (including phenoxy) is 1. The van der Waals surface area contributed by atoms with Crippen molar-refractivity contribution in [2.75, 3.05) is 0 Å². The van der Waals surface area contributed by atoms with Crippen LogP contribution < -0.4 is 4.74 Å². The van der Waals surface area contributed by atoms with Gasteiger partial charge in [0.05, 0.1) is 11.2 Å². The molecule has 0 aliphatic carbocycles. The Balaban J connectivity index is 1.84. The summed E-state index contributed by atoms with van der Waals surface area (Å²) in [7, 11) is 0. The number of fused-ring (bicyclic) bond motifs is 1. The Morgan fingerprint density at radius 1 is 1.00 bits per heavy atom. The van der Waals surface area contributed by atoms with Crippen molar-refractivity contribution >= 4 is 29.0 Å². The van der Waals surface area contributed by atoms with E-state index in [9.17, 15) is 4.79 Å². The highest BCUT2D eigenvalue weighted by atomic mass is 16.5. The van der Waals surface area contributed by atoms with Crippen molar-refractivity contribution in [3.8, 4) is 5.75 Å². The molecule has 0 spiro atoms. The monoisotopic (exact) mass is 289 g/mol. The van der Waals surface area contributed by atoms with E-state index < -0.39 is 0 Å². The summed E-state index contributed by atoms with van der Waals surface area (Å²) in [4.78, 5) is 15.6. The summed E-state index contributed by atoms with van der Waals surface area (Å²) in [6.07, 6.45) is 3.89. The fourth-order valence-corrected chi connectivity index (χ4v) is 2.20. The molecule has 0 fully saturated rings. The summed E-state index contributed by atoms with van der Waals surface area (Å²) in [5.41, 5.74) is 2.81. The summed E-state index contributed by atoms with van der Waals surface area (Å²) < 4.78 is 5.08. The maximum Gasteiger partial charge on any atom is 0.308 e. The molecule has 0 N–H and O–H groups in total. The number of carbonyl (C=O) groups excluding carboxylic acids is 1. The Labute approximate surface area is 128 Å². The van der Waals surface area contributed by atoms with Crippen LogP contribution >= 0.6 is 0 Å². The molecular formula is C19H15NO2. The summed E-state index contributed by atoms with van der Waals surface area (Å²) in [6.45, 7) is 1.39. The van der Waals surface area contributed by atoms with Gasteiger partial charge in [-0.15, -0.1) is 0 Å². The van der Waals surface area contributed by atoms with Crippen molar-refractivity contribution in [3.05, 3.63) is 71.9 Å². The van der Waals surface area contributed by atoms with E-state index in [1.807, 2.05) is 60.7 Å². The van der Waals surface area contributed by atoms with Crippen molar-refractivity contribution in [2.24, 2.45) is 0 Å². The first-order valence-corrected chi connectivity index (χ1v) is 7.03. The molecule has 0 bridgehead atoms. The predicted molar refractivity (Wildman–Crippen MR) is 88.4 cm³/mol. The van der Waals surface area contributed by atoms with Gasteiger partial charge in [0.25, 0.3) is 0 Å². The maximum absolute atomic E-state index is 11.0. The van der Waals surface area contributed by atoms with Crippen molar-refractivity contribution in [2.45, 2.75) is 6.92 Å². The lowest BCUT2D eigenvalue weighted by Gasteiger charge is -2.02. The molecule has 0 unspecified atom stereocenters. The molecule has 0 amide bonds. The zero-order chi connectivity index (χ0) is 15.4. The SMILES string of the molecule is CC(=O)Oc1cccc(/C=C/c2ccc3ccccc3n2)c1. The van der Waals surface area contributed by atoms with Crippen molar-refractivity contribution < 1.29 is 9.53 Å². The van der Waals surface area contributed by atoms with E-state index in [1.165, 1.54) is 6.92 Å². The van der Waals surface area contributed by atoms with Crippen molar-refractivity contribution in [1.82, 2.24) is 4.98 Å². The molecular weight excluding hydrogens is 274 g/mol. The second kappa shape index (κ2) is 6.22. The van der Waals surface area contributed by atoms with E-state index >= 15 is 0 Å². The van der Waals surface area contributed by atoms with Crippen molar-refractivity contribution in [3.63, 3.8) is 0 Å². The molecule has 3 nitrogen and oxygen atoms in total. The normalized spacial score (nSPS) is 11.0. The number of benzene rings is 2. The fraction of sp³-hybridized carbons (Fsp3) is 0.0526. The number of hydrogen-bond donors (Lipinski definition) is 0. The Bertz CT molecular complexity index is 853. The summed E-state index contributed by atoms with van der Waals surface area (Å²) in [6, 6.07) is 19.4. The van der Waals surface area contributed by atoms with Gasteiger partial charge in [0, 0.05) is 12.3 Å². The Hall–Kier alpha value is -2.94. The van der Waals surface area contributed by atoms with Gasteiger partial charge in [0.1, 0.15) is 5.75 Å². The predicted octanol–water partition coefficient (Wildman–Crippen LogP) is 4.33. The molecule has 0 atom stereocenters. The van der Waals surface area contributed by atoms with Crippen LogP contribution in [0.5, 0.6) is 5.75 Å². The van der Waals surface area contributed by atoms with Gasteiger partial charge in [-0.1, -0.05) is 42.5 Å². The first kappa shape index (κ1) is 14.0. The largest absolute Gasteiger partial charge is 0.427 e. The maximum atomic E-state index is 11.0. The van der Waals surface area contributed by atoms with Gasteiger partial charge in [-0.25, -0.2) is 4.98 Å². The van der Waals surface area contributed by atoms with Crippen LogP contribution in [-0.4, -0.2) is 11.0 Å². The Morgan fingerprint density at radius 3 is 2.73 bits per heavy atom. The number of pyridine rings is 1. The van der Waals surface area contributed by atoms with Crippen LogP contribution in [0, 0.1) is 0 Å². The summed E-state index contributed by atoms with van der Waals surface area (Å²) in [5.74, 6) is 0.221. The van der Waals surface area contributed by atoms with E-state index in [0.717, 1.165) is 22.2 Å². The number of hydrogen-bond acceptors (Lipinski definition) is 3. The van der Waals surface area contributed by atoms with E-state index in [4.69, 9.17) is 4.74 Å². The molecule has 0 saturated carbocycles. The highest BCUT2D eigenvalue weighted by Gasteiger charge is 1.98. The lowest BCUT2D eigenvalue weighted by molar-refractivity contribution is -0.131. The summed E-state index contributed by atoms with van der Waals surface area (Å²) in [5, 5.41) is 1.12. The number of rotatable bonds is 3. The average molecular weight is 289 g/mol. The molecule has 1 aromatic heterocycles. The third-order valence-electron chi connectivity index (χ3n) is 3.19. The van der Waals surface area contributed by atoms with Gasteiger partial charge < -0.3 is 4.74 Å². The molecule has 0 aliphatic rings. The molecule has 0 saturated heterocycles. The van der Waals surface area contributed by atoms with Crippen LogP contribution in [0.4, 0.5) is 0 Å². The molecule has 3 aromatic rings. The first-order chi connectivity index (χ1) is 10.7. The second-order valence-electron chi connectivity index (χ2n) is 4.93. The highest BCUT2D eigenvalue weighted by Crippen LogP contribution is 2.17. The van der Waals surface area contributed by atoms with Gasteiger partial charge in [0.15, 0.2) is 0 Å². The molecule has 1 heterocycles. The number of carbonyl (C=O) groups is 1. The van der Waals surface area contributed by atoms with Gasteiger partial charge >= 0.3 is 5.97 Å². The molecule has 22 heavy (non-hydrogen) atoms.